The summed E-state index contributed by atoms with van der Waals surface area (Å²) in [7, 11) is 0. The van der Waals surface area contributed by atoms with E-state index in [2.05, 4.69) is 9.97 Å². The number of rotatable bonds is 6. The predicted octanol–water partition coefficient (Wildman–Crippen LogP) is 4.83. The van der Waals surface area contributed by atoms with Crippen LogP contribution in [0.2, 0.25) is 0 Å². The van der Waals surface area contributed by atoms with E-state index >= 15 is 0 Å². The lowest BCUT2D eigenvalue weighted by Gasteiger charge is -2.22. The molecule has 0 aliphatic rings. The summed E-state index contributed by atoms with van der Waals surface area (Å²) in [5.74, 6) is -0.502. The van der Waals surface area contributed by atoms with E-state index in [1.54, 1.807) is 67.0 Å². The minimum Gasteiger partial charge on any atom is -0.288 e. The van der Waals surface area contributed by atoms with Crippen LogP contribution in [0.3, 0.4) is 0 Å². The summed E-state index contributed by atoms with van der Waals surface area (Å²) in [4.78, 5) is 37.7. The SMILES string of the molecule is O=C(c1cc2cccnc2n(Cc2ccccc2F)c1=O)N(Cc1ccccc1)c1ccccn1. The lowest BCUT2D eigenvalue weighted by atomic mass is 10.1. The van der Waals surface area contributed by atoms with Crippen LogP contribution >= 0.6 is 0 Å². The summed E-state index contributed by atoms with van der Waals surface area (Å²) in [5.41, 5.74) is 1.02. The number of fused-ring (bicyclic) bond motifs is 1. The van der Waals surface area contributed by atoms with Crippen molar-refractivity contribution >= 4 is 22.8 Å². The van der Waals surface area contributed by atoms with Gasteiger partial charge in [0.1, 0.15) is 22.8 Å². The molecule has 3 heterocycles. The van der Waals surface area contributed by atoms with Gasteiger partial charge in [0.25, 0.3) is 11.5 Å². The van der Waals surface area contributed by atoms with Gasteiger partial charge in [0, 0.05) is 23.3 Å². The van der Waals surface area contributed by atoms with Crippen LogP contribution in [0.15, 0.2) is 108 Å². The molecule has 1 amide bonds. The maximum absolute atomic E-state index is 14.4. The molecule has 0 N–H and O–H groups in total. The molecule has 0 fully saturated rings. The zero-order valence-electron chi connectivity index (χ0n) is 18.7. The number of hydrogen-bond donors (Lipinski definition) is 0. The molecule has 2 aromatic carbocycles. The molecular formula is C28H21FN4O2. The van der Waals surface area contributed by atoms with E-state index in [0.717, 1.165) is 5.56 Å². The first-order chi connectivity index (χ1) is 17.1. The van der Waals surface area contributed by atoms with Crippen molar-refractivity contribution in [2.75, 3.05) is 4.90 Å². The zero-order valence-corrected chi connectivity index (χ0v) is 18.7. The minimum atomic E-state index is -0.543. The molecule has 35 heavy (non-hydrogen) atoms. The number of pyridine rings is 3. The summed E-state index contributed by atoms with van der Waals surface area (Å²) in [5, 5.41) is 0.604. The zero-order chi connectivity index (χ0) is 24.2. The highest BCUT2D eigenvalue weighted by Gasteiger charge is 2.24. The van der Waals surface area contributed by atoms with Crippen LogP contribution in [0.5, 0.6) is 0 Å². The average molecular weight is 465 g/mol. The second-order valence-electron chi connectivity index (χ2n) is 8.02. The molecular weight excluding hydrogens is 443 g/mol. The fourth-order valence-electron chi connectivity index (χ4n) is 3.98. The Hall–Kier alpha value is -4.65. The van der Waals surface area contributed by atoms with Gasteiger partial charge < -0.3 is 0 Å². The Morgan fingerprint density at radius 2 is 1.60 bits per heavy atom. The van der Waals surface area contributed by atoms with Crippen molar-refractivity contribution in [2.45, 2.75) is 13.1 Å². The van der Waals surface area contributed by atoms with Crippen molar-refractivity contribution in [3.05, 3.63) is 136 Å². The number of hydrogen-bond acceptors (Lipinski definition) is 4. The standard InChI is InChI=1S/C28H21FN4O2/c29-24-13-5-4-11-22(24)19-33-26-21(12-8-16-31-26)17-23(28(33)35)27(34)32(25-14-6-7-15-30-25)18-20-9-2-1-3-10-20/h1-17H,18-19H2. The molecule has 0 radical (unpaired) electrons. The van der Waals surface area contributed by atoms with Crippen molar-refractivity contribution in [1.29, 1.82) is 0 Å². The topological polar surface area (TPSA) is 68.1 Å². The van der Waals surface area contributed by atoms with Crippen LogP contribution in [0.25, 0.3) is 11.0 Å². The molecule has 0 spiro atoms. The molecule has 0 atom stereocenters. The number of nitrogens with zero attached hydrogens (tertiary/aromatic N) is 4. The highest BCUT2D eigenvalue weighted by molar-refractivity contribution is 6.06. The van der Waals surface area contributed by atoms with Crippen LogP contribution in [0.4, 0.5) is 10.2 Å². The molecule has 0 aliphatic carbocycles. The molecule has 5 rings (SSSR count). The molecule has 0 aliphatic heterocycles. The Balaban J connectivity index is 1.64. The van der Waals surface area contributed by atoms with E-state index < -0.39 is 17.3 Å². The fraction of sp³-hybridized carbons (Fsp3) is 0.0714. The highest BCUT2D eigenvalue weighted by Crippen LogP contribution is 2.20. The number of benzene rings is 2. The van der Waals surface area contributed by atoms with E-state index in [-0.39, 0.29) is 18.7 Å². The van der Waals surface area contributed by atoms with Gasteiger partial charge in [-0.2, -0.15) is 0 Å². The second-order valence-corrected chi connectivity index (χ2v) is 8.02. The molecule has 7 heteroatoms. The molecule has 3 aromatic heterocycles. The Morgan fingerprint density at radius 3 is 2.37 bits per heavy atom. The summed E-state index contributed by atoms with van der Waals surface area (Å²) in [6.45, 7) is 0.178. The first kappa shape index (κ1) is 22.2. The van der Waals surface area contributed by atoms with Crippen LogP contribution in [0, 0.1) is 5.82 Å². The van der Waals surface area contributed by atoms with Gasteiger partial charge in [-0.05, 0) is 42.0 Å². The van der Waals surface area contributed by atoms with Gasteiger partial charge in [-0.3, -0.25) is 19.1 Å². The Kier molecular flexibility index (Phi) is 6.13. The molecule has 0 saturated heterocycles. The van der Waals surface area contributed by atoms with Gasteiger partial charge in [-0.25, -0.2) is 14.4 Å². The molecule has 0 saturated carbocycles. The van der Waals surface area contributed by atoms with E-state index in [1.807, 2.05) is 30.3 Å². The van der Waals surface area contributed by atoms with Gasteiger partial charge in [0.05, 0.1) is 13.1 Å². The van der Waals surface area contributed by atoms with Gasteiger partial charge in [-0.15, -0.1) is 0 Å². The van der Waals surface area contributed by atoms with Crippen LogP contribution in [-0.2, 0) is 13.1 Å². The molecule has 0 bridgehead atoms. The maximum atomic E-state index is 14.4. The van der Waals surface area contributed by atoms with Crippen molar-refractivity contribution in [3.8, 4) is 0 Å². The molecule has 172 valence electrons. The predicted molar refractivity (Wildman–Crippen MR) is 133 cm³/mol. The average Bonchev–Trinajstić information content (AvgIpc) is 2.90. The largest absolute Gasteiger partial charge is 0.288 e. The molecule has 0 unspecified atom stereocenters. The summed E-state index contributed by atoms with van der Waals surface area (Å²) >= 11 is 0. The monoisotopic (exact) mass is 464 g/mol. The van der Waals surface area contributed by atoms with E-state index in [9.17, 15) is 14.0 Å². The third kappa shape index (κ3) is 4.56. The number of halogens is 1. The quantitative estimate of drug-likeness (QED) is 0.361. The van der Waals surface area contributed by atoms with Crippen LogP contribution < -0.4 is 10.5 Å². The first-order valence-electron chi connectivity index (χ1n) is 11.1. The summed E-state index contributed by atoms with van der Waals surface area (Å²) < 4.78 is 15.8. The normalized spacial score (nSPS) is 10.9. The number of anilines is 1. The highest BCUT2D eigenvalue weighted by atomic mass is 19.1. The van der Waals surface area contributed by atoms with E-state index in [1.165, 1.54) is 15.5 Å². The van der Waals surface area contributed by atoms with E-state index in [0.29, 0.717) is 22.4 Å². The van der Waals surface area contributed by atoms with Crippen LogP contribution in [-0.4, -0.2) is 20.4 Å². The van der Waals surface area contributed by atoms with Gasteiger partial charge in [-0.1, -0.05) is 54.6 Å². The number of carbonyl (C=O) groups excluding carboxylic acids is 1. The third-order valence-electron chi connectivity index (χ3n) is 5.72. The van der Waals surface area contributed by atoms with E-state index in [4.69, 9.17) is 0 Å². The Bertz CT molecular complexity index is 1550. The minimum absolute atomic E-state index is 0.0385. The lowest BCUT2D eigenvalue weighted by Crippen LogP contribution is -2.37. The third-order valence-corrected chi connectivity index (χ3v) is 5.72. The van der Waals surface area contributed by atoms with Crippen molar-refractivity contribution in [2.24, 2.45) is 0 Å². The molecule has 5 aromatic rings. The Morgan fingerprint density at radius 1 is 0.857 bits per heavy atom. The van der Waals surface area contributed by atoms with Gasteiger partial charge in [0.2, 0.25) is 0 Å². The fourth-order valence-corrected chi connectivity index (χ4v) is 3.98. The lowest BCUT2D eigenvalue weighted by molar-refractivity contribution is 0.0982. The summed E-state index contributed by atoms with van der Waals surface area (Å²) in [6, 6.07) is 26.1. The maximum Gasteiger partial charge on any atom is 0.265 e. The second kappa shape index (κ2) is 9.69. The van der Waals surface area contributed by atoms with Gasteiger partial charge in [0.15, 0.2) is 0 Å². The number of amides is 1. The molecule has 6 nitrogen and oxygen atoms in total. The van der Waals surface area contributed by atoms with Crippen molar-refractivity contribution in [1.82, 2.24) is 14.5 Å². The van der Waals surface area contributed by atoms with Crippen molar-refractivity contribution < 1.29 is 9.18 Å². The van der Waals surface area contributed by atoms with Crippen LogP contribution in [0.1, 0.15) is 21.5 Å². The Labute approximate surface area is 200 Å². The smallest absolute Gasteiger partial charge is 0.265 e. The number of carbonyl (C=O) groups is 1. The van der Waals surface area contributed by atoms with Crippen molar-refractivity contribution in [3.63, 3.8) is 0 Å². The number of aromatic nitrogens is 3. The summed E-state index contributed by atoms with van der Waals surface area (Å²) in [6.07, 6.45) is 3.16. The first-order valence-corrected chi connectivity index (χ1v) is 11.1. The van der Waals surface area contributed by atoms with Gasteiger partial charge >= 0.3 is 0 Å².